The maximum atomic E-state index is 13.4. The Balaban J connectivity index is 2.65. The molecule has 2 aromatic rings. The van der Waals surface area contributed by atoms with E-state index in [4.69, 9.17) is 0 Å². The van der Waals surface area contributed by atoms with Gasteiger partial charge >= 0.3 is 6.18 Å². The molecule has 0 bridgehead atoms. The molecule has 0 atom stereocenters. The summed E-state index contributed by atoms with van der Waals surface area (Å²) in [4.78, 5) is 0. The van der Waals surface area contributed by atoms with Crippen LogP contribution in [0, 0.1) is 5.82 Å². The van der Waals surface area contributed by atoms with Crippen LogP contribution < -0.4 is 5.32 Å². The van der Waals surface area contributed by atoms with Gasteiger partial charge < -0.3 is 5.32 Å². The fourth-order valence-corrected chi connectivity index (χ4v) is 2.11. The van der Waals surface area contributed by atoms with Crippen molar-refractivity contribution in [3.63, 3.8) is 0 Å². The van der Waals surface area contributed by atoms with Crippen LogP contribution in [-0.4, -0.2) is 7.05 Å². The lowest BCUT2D eigenvalue weighted by Crippen LogP contribution is -2.10. The van der Waals surface area contributed by atoms with Crippen LogP contribution in [0.15, 0.2) is 42.5 Å². The van der Waals surface area contributed by atoms with Gasteiger partial charge in [0.15, 0.2) is 0 Å². The van der Waals surface area contributed by atoms with Crippen molar-refractivity contribution >= 4 is 0 Å². The van der Waals surface area contributed by atoms with Crippen molar-refractivity contribution in [2.24, 2.45) is 0 Å². The van der Waals surface area contributed by atoms with E-state index in [0.717, 1.165) is 12.1 Å². The zero-order valence-corrected chi connectivity index (χ0v) is 10.8. The number of hydrogen-bond donors (Lipinski definition) is 1. The number of nitrogens with one attached hydrogen (secondary N) is 1. The smallest absolute Gasteiger partial charge is 0.316 e. The lowest BCUT2D eigenvalue weighted by Gasteiger charge is -2.16. The second-order valence-corrected chi connectivity index (χ2v) is 4.38. The molecule has 0 fully saturated rings. The summed E-state index contributed by atoms with van der Waals surface area (Å²) in [6, 6.07) is 9.07. The van der Waals surface area contributed by atoms with E-state index in [9.17, 15) is 17.6 Å². The molecule has 0 aromatic heterocycles. The van der Waals surface area contributed by atoms with Gasteiger partial charge in [-0.2, -0.15) is 13.2 Å². The first-order valence-electron chi connectivity index (χ1n) is 6.03. The molecule has 2 aromatic carbocycles. The normalized spacial score (nSPS) is 11.7. The molecule has 0 heterocycles. The van der Waals surface area contributed by atoms with Crippen LogP contribution in [0.5, 0.6) is 0 Å². The maximum Gasteiger partial charge on any atom is 0.417 e. The molecule has 0 radical (unpaired) electrons. The summed E-state index contributed by atoms with van der Waals surface area (Å²) in [5, 5.41) is 2.87. The second kappa shape index (κ2) is 5.63. The minimum atomic E-state index is -4.47. The molecule has 5 heteroatoms. The number of hydrogen-bond acceptors (Lipinski definition) is 1. The predicted octanol–water partition coefficient (Wildman–Crippen LogP) is 4.23. The van der Waals surface area contributed by atoms with Crippen molar-refractivity contribution in [3.8, 4) is 11.1 Å². The molecule has 0 amide bonds. The van der Waals surface area contributed by atoms with Gasteiger partial charge in [-0.05, 0) is 41.9 Å². The number of halogens is 4. The van der Waals surface area contributed by atoms with E-state index in [-0.39, 0.29) is 11.1 Å². The van der Waals surface area contributed by atoms with E-state index in [1.54, 1.807) is 7.05 Å². The maximum absolute atomic E-state index is 13.4. The van der Waals surface area contributed by atoms with Crippen LogP contribution in [0.4, 0.5) is 17.6 Å². The zero-order valence-electron chi connectivity index (χ0n) is 10.8. The van der Waals surface area contributed by atoms with Crippen molar-refractivity contribution in [1.82, 2.24) is 5.32 Å². The van der Waals surface area contributed by atoms with E-state index in [1.807, 2.05) is 0 Å². The lowest BCUT2D eigenvalue weighted by molar-refractivity contribution is -0.137. The van der Waals surface area contributed by atoms with Crippen LogP contribution in [0.1, 0.15) is 11.1 Å². The third-order valence-corrected chi connectivity index (χ3v) is 2.96. The summed E-state index contributed by atoms with van der Waals surface area (Å²) in [5.74, 6) is -0.558. The van der Waals surface area contributed by atoms with E-state index >= 15 is 0 Å². The monoisotopic (exact) mass is 283 g/mol. The molecule has 0 aliphatic carbocycles. The fraction of sp³-hybridized carbons (Fsp3) is 0.200. The third kappa shape index (κ3) is 2.99. The van der Waals surface area contributed by atoms with Crippen LogP contribution in [0.25, 0.3) is 11.1 Å². The van der Waals surface area contributed by atoms with Gasteiger partial charge in [-0.15, -0.1) is 0 Å². The van der Waals surface area contributed by atoms with Crippen molar-refractivity contribution < 1.29 is 17.6 Å². The average molecular weight is 283 g/mol. The average Bonchev–Trinajstić information content (AvgIpc) is 2.40. The summed E-state index contributed by atoms with van der Waals surface area (Å²) >= 11 is 0. The Kier molecular flexibility index (Phi) is 4.09. The van der Waals surface area contributed by atoms with Crippen LogP contribution >= 0.6 is 0 Å². The van der Waals surface area contributed by atoms with Gasteiger partial charge in [-0.1, -0.05) is 24.3 Å². The molecule has 1 nitrogen and oxygen atoms in total. The van der Waals surface area contributed by atoms with Crippen LogP contribution in [-0.2, 0) is 12.7 Å². The Hall–Kier alpha value is -1.88. The minimum Gasteiger partial charge on any atom is -0.316 e. The molecular weight excluding hydrogens is 270 g/mol. The van der Waals surface area contributed by atoms with Crippen molar-refractivity contribution in [2.75, 3.05) is 7.05 Å². The molecule has 0 spiro atoms. The highest BCUT2D eigenvalue weighted by molar-refractivity contribution is 5.71. The lowest BCUT2D eigenvalue weighted by atomic mass is 9.95. The first-order valence-corrected chi connectivity index (χ1v) is 6.03. The molecule has 1 N–H and O–H groups in total. The Morgan fingerprint density at radius 1 is 1.00 bits per heavy atom. The molecule has 20 heavy (non-hydrogen) atoms. The van der Waals surface area contributed by atoms with Crippen molar-refractivity contribution in [3.05, 3.63) is 59.4 Å². The van der Waals surface area contributed by atoms with E-state index in [0.29, 0.717) is 12.1 Å². The summed E-state index contributed by atoms with van der Waals surface area (Å²) < 4.78 is 52.5. The molecule has 0 saturated carbocycles. The second-order valence-electron chi connectivity index (χ2n) is 4.38. The van der Waals surface area contributed by atoms with Gasteiger partial charge in [0, 0.05) is 6.54 Å². The van der Waals surface area contributed by atoms with Gasteiger partial charge in [0.2, 0.25) is 0 Å². The number of benzene rings is 2. The summed E-state index contributed by atoms with van der Waals surface area (Å²) in [6.07, 6.45) is -4.47. The van der Waals surface area contributed by atoms with Crippen LogP contribution in [0.3, 0.4) is 0 Å². The molecule has 0 aliphatic rings. The first-order chi connectivity index (χ1) is 9.43. The Morgan fingerprint density at radius 2 is 1.70 bits per heavy atom. The van der Waals surface area contributed by atoms with Crippen molar-refractivity contribution in [1.29, 1.82) is 0 Å². The topological polar surface area (TPSA) is 12.0 Å². The largest absolute Gasteiger partial charge is 0.417 e. The Labute approximate surface area is 114 Å². The van der Waals surface area contributed by atoms with E-state index in [2.05, 4.69) is 5.32 Å². The molecule has 106 valence electrons. The molecule has 0 unspecified atom stereocenters. The van der Waals surface area contributed by atoms with Crippen molar-refractivity contribution in [2.45, 2.75) is 12.7 Å². The highest BCUT2D eigenvalue weighted by Crippen LogP contribution is 2.38. The minimum absolute atomic E-state index is 0.00949. The zero-order chi connectivity index (χ0) is 14.8. The summed E-state index contributed by atoms with van der Waals surface area (Å²) in [7, 11) is 1.68. The predicted molar refractivity (Wildman–Crippen MR) is 69.6 cm³/mol. The SMILES string of the molecule is CNCc1ccc(F)cc1-c1ccccc1C(F)(F)F. The molecular formula is C15H13F4N. The van der Waals surface area contributed by atoms with Gasteiger partial charge in [-0.25, -0.2) is 4.39 Å². The molecule has 0 aliphatic heterocycles. The number of alkyl halides is 3. The number of rotatable bonds is 3. The quantitative estimate of drug-likeness (QED) is 0.831. The summed E-state index contributed by atoms with van der Waals surface area (Å²) in [6.45, 7) is 0.363. The summed E-state index contributed by atoms with van der Waals surface area (Å²) in [5.41, 5.74) is 0.102. The Bertz CT molecular complexity index is 605. The van der Waals surface area contributed by atoms with Gasteiger partial charge in [0.25, 0.3) is 0 Å². The highest BCUT2D eigenvalue weighted by Gasteiger charge is 2.33. The highest BCUT2D eigenvalue weighted by atomic mass is 19.4. The molecule has 0 saturated heterocycles. The fourth-order valence-electron chi connectivity index (χ4n) is 2.11. The molecule has 2 rings (SSSR count). The third-order valence-electron chi connectivity index (χ3n) is 2.96. The first kappa shape index (κ1) is 14.5. The van der Waals surface area contributed by atoms with Crippen LogP contribution in [0.2, 0.25) is 0 Å². The van der Waals surface area contributed by atoms with Gasteiger partial charge in [0.05, 0.1) is 5.56 Å². The van der Waals surface area contributed by atoms with E-state index in [1.165, 1.54) is 30.3 Å². The van der Waals surface area contributed by atoms with Gasteiger partial charge in [0.1, 0.15) is 5.82 Å². The van der Waals surface area contributed by atoms with Gasteiger partial charge in [-0.3, -0.25) is 0 Å². The standard InChI is InChI=1S/C15H13F4N/c1-20-9-10-6-7-11(16)8-13(10)12-4-2-3-5-14(12)15(17,18)19/h2-8,20H,9H2,1H3. The van der Waals surface area contributed by atoms with E-state index < -0.39 is 17.6 Å². The Morgan fingerprint density at radius 3 is 2.35 bits per heavy atom.